The molecule has 1 aliphatic rings. The zero-order chi connectivity index (χ0) is 30.9. The van der Waals surface area contributed by atoms with Crippen LogP contribution in [0.4, 0.5) is 11.4 Å². The Balaban J connectivity index is 1.32. The van der Waals surface area contributed by atoms with Gasteiger partial charge in [-0.1, -0.05) is 12.1 Å². The lowest BCUT2D eigenvalue weighted by atomic mass is 9.90. The summed E-state index contributed by atoms with van der Waals surface area (Å²) in [7, 11) is 1.75. The second-order valence-corrected chi connectivity index (χ2v) is 12.0. The van der Waals surface area contributed by atoms with Crippen molar-refractivity contribution in [1.82, 2.24) is 14.5 Å². The molecule has 0 radical (unpaired) electrons. The lowest BCUT2D eigenvalue weighted by molar-refractivity contribution is -0.137. The Labute approximate surface area is 252 Å². The maximum Gasteiger partial charge on any atom is 0.261 e. The zero-order valence-corrected chi connectivity index (χ0v) is 26.0. The number of carbonyl (C=O) groups excluding carboxylic acids is 2. The van der Waals surface area contributed by atoms with Crippen molar-refractivity contribution in [1.29, 1.82) is 0 Å². The fourth-order valence-electron chi connectivity index (χ4n) is 5.90. The predicted molar refractivity (Wildman–Crippen MR) is 169 cm³/mol. The number of rotatable bonds is 10. The Bertz CT molecular complexity index is 1720. The van der Waals surface area contributed by atoms with Crippen LogP contribution in [0.1, 0.15) is 49.8 Å². The van der Waals surface area contributed by atoms with E-state index in [0.717, 1.165) is 53.3 Å². The molecule has 0 bridgehead atoms. The molecule has 0 saturated carbocycles. The van der Waals surface area contributed by atoms with Gasteiger partial charge in [-0.05, 0) is 95.5 Å². The molecule has 226 valence electrons. The summed E-state index contributed by atoms with van der Waals surface area (Å²) in [6.07, 6.45) is 5.30. The minimum atomic E-state index is -1.13. The standard InChI is InChI=1S/C34H41N5O4/c1-7-39-28-13-12-25(21-29(28)36(6)32(41)34(4,5)33(39)42)11-9-16-37(22-27-23(2)10-8-15-35-27)18-19-38-17-14-30-26(31(38)40)20-24(3)43-30/h8,10,12-15,17,20-21H,7,9,11,16,18-19,22H2,1-6H3. The van der Waals surface area contributed by atoms with Gasteiger partial charge in [-0.2, -0.15) is 0 Å². The molecular weight excluding hydrogens is 542 g/mol. The number of benzene rings is 1. The van der Waals surface area contributed by atoms with Crippen LogP contribution >= 0.6 is 0 Å². The first-order chi connectivity index (χ1) is 20.5. The molecule has 0 fully saturated rings. The average molecular weight is 584 g/mol. The highest BCUT2D eigenvalue weighted by Crippen LogP contribution is 2.38. The van der Waals surface area contributed by atoms with E-state index in [4.69, 9.17) is 4.42 Å². The minimum Gasteiger partial charge on any atom is -0.461 e. The number of fused-ring (bicyclic) bond motifs is 2. The highest BCUT2D eigenvalue weighted by atomic mass is 16.3. The van der Waals surface area contributed by atoms with Gasteiger partial charge >= 0.3 is 0 Å². The molecule has 0 aliphatic carbocycles. The first-order valence-corrected chi connectivity index (χ1v) is 15.0. The van der Waals surface area contributed by atoms with Gasteiger partial charge in [0.25, 0.3) is 5.56 Å². The summed E-state index contributed by atoms with van der Waals surface area (Å²) in [5, 5.41) is 0.602. The second kappa shape index (κ2) is 12.2. The number of nitrogens with zero attached hydrogens (tertiary/aromatic N) is 5. The monoisotopic (exact) mass is 583 g/mol. The van der Waals surface area contributed by atoms with Crippen LogP contribution in [-0.4, -0.2) is 52.9 Å². The molecule has 2 amide bonds. The van der Waals surface area contributed by atoms with Crippen LogP contribution in [0.3, 0.4) is 0 Å². The van der Waals surface area contributed by atoms with Crippen LogP contribution in [-0.2, 0) is 29.1 Å². The van der Waals surface area contributed by atoms with Crippen LogP contribution in [0.5, 0.6) is 0 Å². The summed E-state index contributed by atoms with van der Waals surface area (Å²) in [5.41, 5.74) is 4.22. The number of hydrogen-bond acceptors (Lipinski definition) is 6. The molecule has 3 aromatic heterocycles. The van der Waals surface area contributed by atoms with Crippen molar-refractivity contribution in [2.24, 2.45) is 5.41 Å². The Kier molecular flexibility index (Phi) is 8.55. The number of carbonyl (C=O) groups is 2. The van der Waals surface area contributed by atoms with E-state index in [2.05, 4.69) is 28.9 Å². The van der Waals surface area contributed by atoms with Crippen LogP contribution in [0.2, 0.25) is 0 Å². The van der Waals surface area contributed by atoms with Gasteiger partial charge in [-0.3, -0.25) is 24.3 Å². The molecule has 0 N–H and O–H groups in total. The molecule has 1 aliphatic heterocycles. The highest BCUT2D eigenvalue weighted by molar-refractivity contribution is 6.19. The van der Waals surface area contributed by atoms with E-state index in [1.54, 1.807) is 47.5 Å². The molecule has 4 aromatic rings. The molecule has 0 spiro atoms. The highest BCUT2D eigenvalue weighted by Gasteiger charge is 2.45. The SMILES string of the molecule is CCN1C(=O)C(C)(C)C(=O)N(C)c2cc(CCCN(CCn3ccc4oc(C)cc4c3=O)Cc3ncccc3C)ccc21. The van der Waals surface area contributed by atoms with E-state index in [1.807, 2.05) is 44.3 Å². The van der Waals surface area contributed by atoms with Gasteiger partial charge in [0.05, 0.1) is 22.5 Å². The Morgan fingerprint density at radius 3 is 2.51 bits per heavy atom. The van der Waals surface area contributed by atoms with Gasteiger partial charge in [-0.25, -0.2) is 0 Å². The fraction of sp³-hybridized carbons (Fsp3) is 0.412. The van der Waals surface area contributed by atoms with Crippen LogP contribution < -0.4 is 15.4 Å². The average Bonchev–Trinajstić information content (AvgIpc) is 3.36. The van der Waals surface area contributed by atoms with Gasteiger partial charge in [0.15, 0.2) is 0 Å². The minimum absolute atomic E-state index is 0.0465. The van der Waals surface area contributed by atoms with Gasteiger partial charge < -0.3 is 18.8 Å². The van der Waals surface area contributed by atoms with E-state index >= 15 is 0 Å². The molecule has 0 saturated heterocycles. The van der Waals surface area contributed by atoms with Crippen molar-refractivity contribution in [3.05, 3.63) is 87.8 Å². The summed E-state index contributed by atoms with van der Waals surface area (Å²) in [5.74, 6) is 0.339. The third-order valence-corrected chi connectivity index (χ3v) is 8.50. The normalized spacial score (nSPS) is 15.0. The van der Waals surface area contributed by atoms with E-state index in [1.165, 1.54) is 0 Å². The molecule has 4 heterocycles. The summed E-state index contributed by atoms with van der Waals surface area (Å²) < 4.78 is 7.37. The van der Waals surface area contributed by atoms with Crippen molar-refractivity contribution in [2.75, 3.05) is 36.5 Å². The number of aryl methyl sites for hydroxylation is 3. The molecule has 0 atom stereocenters. The maximum atomic E-state index is 13.2. The third kappa shape index (κ3) is 5.99. The van der Waals surface area contributed by atoms with Crippen LogP contribution in [0.15, 0.2) is 64.1 Å². The Morgan fingerprint density at radius 1 is 0.977 bits per heavy atom. The van der Waals surface area contributed by atoms with Crippen molar-refractivity contribution in [3.63, 3.8) is 0 Å². The van der Waals surface area contributed by atoms with Crippen molar-refractivity contribution in [3.8, 4) is 0 Å². The van der Waals surface area contributed by atoms with Gasteiger partial charge in [0.1, 0.15) is 16.8 Å². The first kappa shape index (κ1) is 30.2. The molecule has 0 unspecified atom stereocenters. The van der Waals surface area contributed by atoms with Crippen LogP contribution in [0.25, 0.3) is 11.0 Å². The lowest BCUT2D eigenvalue weighted by Gasteiger charge is -2.27. The number of aromatic nitrogens is 2. The van der Waals surface area contributed by atoms with E-state index < -0.39 is 5.41 Å². The largest absolute Gasteiger partial charge is 0.461 e. The second-order valence-electron chi connectivity index (χ2n) is 12.0. The zero-order valence-electron chi connectivity index (χ0n) is 26.0. The van der Waals surface area contributed by atoms with Gasteiger partial charge in [0, 0.05) is 45.6 Å². The number of hydrogen-bond donors (Lipinski definition) is 0. The number of amides is 2. The first-order valence-electron chi connectivity index (χ1n) is 15.0. The molecule has 9 heteroatoms. The van der Waals surface area contributed by atoms with E-state index in [-0.39, 0.29) is 17.4 Å². The fourth-order valence-corrected chi connectivity index (χ4v) is 5.90. The molecular formula is C34H41N5O4. The molecule has 9 nitrogen and oxygen atoms in total. The van der Waals surface area contributed by atoms with Crippen LogP contribution in [0, 0.1) is 19.3 Å². The van der Waals surface area contributed by atoms with Crippen molar-refractivity contribution < 1.29 is 14.0 Å². The Hall–Kier alpha value is -4.24. The lowest BCUT2D eigenvalue weighted by Crippen LogP contribution is -2.47. The summed E-state index contributed by atoms with van der Waals surface area (Å²) >= 11 is 0. The summed E-state index contributed by atoms with van der Waals surface area (Å²) in [4.78, 5) is 49.8. The topological polar surface area (TPSA) is 91.9 Å². The van der Waals surface area contributed by atoms with Gasteiger partial charge in [0.2, 0.25) is 11.8 Å². The van der Waals surface area contributed by atoms with Gasteiger partial charge in [-0.15, -0.1) is 0 Å². The summed E-state index contributed by atoms with van der Waals surface area (Å²) in [6.45, 7) is 12.5. The van der Waals surface area contributed by atoms with E-state index in [0.29, 0.717) is 37.1 Å². The van der Waals surface area contributed by atoms with E-state index in [9.17, 15) is 14.4 Å². The maximum absolute atomic E-state index is 13.2. The predicted octanol–water partition coefficient (Wildman–Crippen LogP) is 5.10. The number of pyridine rings is 2. The van der Waals surface area contributed by atoms with Crippen molar-refractivity contribution in [2.45, 2.75) is 60.5 Å². The summed E-state index contributed by atoms with van der Waals surface area (Å²) in [6, 6.07) is 13.7. The molecule has 43 heavy (non-hydrogen) atoms. The smallest absolute Gasteiger partial charge is 0.261 e. The number of anilines is 2. The quantitative estimate of drug-likeness (QED) is 0.241. The number of furan rings is 1. The molecule has 5 rings (SSSR count). The Morgan fingerprint density at radius 2 is 1.77 bits per heavy atom. The third-order valence-electron chi connectivity index (χ3n) is 8.50. The van der Waals surface area contributed by atoms with Crippen molar-refractivity contribution >= 4 is 34.2 Å². The molecule has 1 aromatic carbocycles.